The van der Waals surface area contributed by atoms with E-state index in [1.165, 1.54) is 4.90 Å². The van der Waals surface area contributed by atoms with Gasteiger partial charge >= 0.3 is 6.09 Å². The second-order valence-electron chi connectivity index (χ2n) is 9.14. The van der Waals surface area contributed by atoms with Gasteiger partial charge in [-0.15, -0.1) is 11.6 Å². The number of imide groups is 1. The van der Waals surface area contributed by atoms with E-state index in [0.29, 0.717) is 48.6 Å². The molecule has 1 aromatic carbocycles. The molecule has 1 aliphatic carbocycles. The minimum Gasteiger partial charge on any atom is -0.491 e. The Bertz CT molecular complexity index is 1170. The molecule has 0 aromatic heterocycles. The van der Waals surface area contributed by atoms with Crippen LogP contribution in [0.2, 0.25) is 0 Å². The molecule has 3 heterocycles. The van der Waals surface area contributed by atoms with Gasteiger partial charge in [0.1, 0.15) is 18.4 Å². The van der Waals surface area contributed by atoms with E-state index < -0.39 is 22.9 Å². The van der Waals surface area contributed by atoms with E-state index in [0.717, 1.165) is 17.6 Å². The fraction of sp³-hybridized carbons (Fsp3) is 0.417. The number of nitrogens with zero attached hydrogens (tertiary/aromatic N) is 1. The average molecular weight is 486 g/mol. The zero-order chi connectivity index (χ0) is 24.0. The number of allylic oxidation sites excluding steroid dienone is 1. The number of carbonyl (C=O) groups is 4. The van der Waals surface area contributed by atoms with E-state index in [2.05, 4.69) is 10.6 Å². The van der Waals surface area contributed by atoms with Crippen LogP contribution in [0, 0.1) is 0 Å². The van der Waals surface area contributed by atoms with Crippen LogP contribution in [0.5, 0.6) is 0 Å². The quantitative estimate of drug-likeness (QED) is 0.500. The molecule has 34 heavy (non-hydrogen) atoms. The third kappa shape index (κ3) is 4.27. The molecule has 0 bridgehead atoms. The maximum atomic E-state index is 12.9. The van der Waals surface area contributed by atoms with Crippen LogP contribution in [0.4, 0.5) is 4.79 Å². The molecule has 2 atom stereocenters. The molecule has 3 aliphatic heterocycles. The third-order valence-corrected chi connectivity index (χ3v) is 6.66. The number of alkyl carbamates (subject to hydrolysis) is 1. The molecule has 1 fully saturated rings. The number of carbonyl (C=O) groups excluding carboxylic acids is 4. The Labute approximate surface area is 201 Å². The number of amides is 4. The molecule has 4 amide bonds. The summed E-state index contributed by atoms with van der Waals surface area (Å²) in [5, 5.41) is 5.01. The molecule has 9 nitrogen and oxygen atoms in total. The summed E-state index contributed by atoms with van der Waals surface area (Å²) in [4.78, 5) is 49.9. The predicted molar refractivity (Wildman–Crippen MR) is 120 cm³/mol. The number of nitrogens with one attached hydrogen (secondary N) is 2. The summed E-state index contributed by atoms with van der Waals surface area (Å²) >= 11 is 6.51. The van der Waals surface area contributed by atoms with E-state index in [4.69, 9.17) is 21.1 Å². The van der Waals surface area contributed by atoms with Crippen LogP contribution in [-0.2, 0) is 32.2 Å². The van der Waals surface area contributed by atoms with Gasteiger partial charge in [0.25, 0.3) is 5.91 Å². The number of fused-ring (bicyclic) bond motifs is 1. The fourth-order valence-electron chi connectivity index (χ4n) is 4.84. The van der Waals surface area contributed by atoms with Crippen LogP contribution in [0.1, 0.15) is 54.1 Å². The lowest BCUT2D eigenvalue weighted by Crippen LogP contribution is -2.52. The molecule has 0 radical (unpaired) electrons. The van der Waals surface area contributed by atoms with Gasteiger partial charge in [-0.05, 0) is 48.6 Å². The summed E-state index contributed by atoms with van der Waals surface area (Å²) in [6.45, 7) is 2.70. The van der Waals surface area contributed by atoms with Crippen molar-refractivity contribution in [2.24, 2.45) is 0 Å². The largest absolute Gasteiger partial charge is 0.491 e. The molecule has 4 aliphatic rings. The van der Waals surface area contributed by atoms with Crippen molar-refractivity contribution in [3.63, 3.8) is 0 Å². The first kappa shape index (κ1) is 22.5. The number of ether oxygens (including phenoxy) is 2. The summed E-state index contributed by atoms with van der Waals surface area (Å²) < 4.78 is 11.0. The van der Waals surface area contributed by atoms with Crippen molar-refractivity contribution in [3.05, 3.63) is 58.0 Å². The van der Waals surface area contributed by atoms with Crippen molar-refractivity contribution >= 4 is 35.4 Å². The highest BCUT2D eigenvalue weighted by Gasteiger charge is 2.39. The highest BCUT2D eigenvalue weighted by atomic mass is 35.5. The number of hydrogen-bond acceptors (Lipinski definition) is 6. The van der Waals surface area contributed by atoms with Crippen molar-refractivity contribution in [1.29, 1.82) is 0 Å². The predicted octanol–water partition coefficient (Wildman–Crippen LogP) is 2.63. The van der Waals surface area contributed by atoms with Gasteiger partial charge in [-0.1, -0.05) is 12.1 Å². The molecule has 2 N–H and O–H groups in total. The van der Waals surface area contributed by atoms with E-state index in [-0.39, 0.29) is 24.8 Å². The van der Waals surface area contributed by atoms with Crippen LogP contribution in [-0.4, -0.2) is 46.2 Å². The van der Waals surface area contributed by atoms with Gasteiger partial charge < -0.3 is 14.4 Å². The molecule has 2 unspecified atom stereocenters. The number of rotatable bonds is 4. The first-order valence-corrected chi connectivity index (χ1v) is 11.6. The standard InChI is InChI=1S/C24H24ClN3O6/c1-24(25)9-14-6-7-33-20(14)17(10-24)26-23(32)34-12-13-2-3-15-11-28(22(31)16(15)8-13)18-4-5-19(29)27-21(18)30/h2-3,8,10,18H,4-7,9,11-12H2,1H3,(H,26,32)(H,27,29,30). The normalized spacial score (nSPS) is 25.9. The summed E-state index contributed by atoms with van der Waals surface area (Å²) in [6, 6.07) is 4.58. The van der Waals surface area contributed by atoms with Gasteiger partial charge in [0.2, 0.25) is 11.8 Å². The average Bonchev–Trinajstić information content (AvgIpc) is 3.36. The van der Waals surface area contributed by atoms with Crippen molar-refractivity contribution in [2.45, 2.75) is 56.7 Å². The fourth-order valence-corrected chi connectivity index (χ4v) is 5.11. The molecule has 0 saturated carbocycles. The molecule has 5 rings (SSSR count). The Hall–Kier alpha value is -3.33. The van der Waals surface area contributed by atoms with E-state index in [9.17, 15) is 19.2 Å². The van der Waals surface area contributed by atoms with Crippen molar-refractivity contribution in [2.75, 3.05) is 6.61 Å². The van der Waals surface area contributed by atoms with Crippen LogP contribution in [0.3, 0.4) is 0 Å². The molecular weight excluding hydrogens is 462 g/mol. The maximum absolute atomic E-state index is 12.9. The Morgan fingerprint density at radius 2 is 2.15 bits per heavy atom. The molecular formula is C24H24ClN3O6. The van der Waals surface area contributed by atoms with Gasteiger partial charge in [-0.3, -0.25) is 25.0 Å². The zero-order valence-electron chi connectivity index (χ0n) is 18.6. The van der Waals surface area contributed by atoms with Gasteiger partial charge in [0.15, 0.2) is 0 Å². The summed E-state index contributed by atoms with van der Waals surface area (Å²) in [6.07, 6.45) is 3.07. The van der Waals surface area contributed by atoms with Gasteiger partial charge in [-0.2, -0.15) is 0 Å². The first-order chi connectivity index (χ1) is 16.2. The Kier molecular flexibility index (Phi) is 5.59. The van der Waals surface area contributed by atoms with E-state index in [1.54, 1.807) is 24.3 Å². The molecule has 178 valence electrons. The Balaban J connectivity index is 1.22. The topological polar surface area (TPSA) is 114 Å². The smallest absolute Gasteiger partial charge is 0.412 e. The highest BCUT2D eigenvalue weighted by Crippen LogP contribution is 2.39. The van der Waals surface area contributed by atoms with Crippen LogP contribution < -0.4 is 10.6 Å². The van der Waals surface area contributed by atoms with Gasteiger partial charge in [-0.25, -0.2) is 4.79 Å². The van der Waals surface area contributed by atoms with Gasteiger partial charge in [0.05, 0.1) is 17.2 Å². The van der Waals surface area contributed by atoms with Crippen molar-refractivity contribution in [3.8, 4) is 0 Å². The van der Waals surface area contributed by atoms with Crippen LogP contribution >= 0.6 is 11.6 Å². The number of hydrogen-bond donors (Lipinski definition) is 2. The highest BCUT2D eigenvalue weighted by molar-refractivity contribution is 6.25. The lowest BCUT2D eigenvalue weighted by Gasteiger charge is -2.29. The molecule has 0 spiro atoms. The lowest BCUT2D eigenvalue weighted by molar-refractivity contribution is -0.136. The maximum Gasteiger partial charge on any atom is 0.412 e. The third-order valence-electron chi connectivity index (χ3n) is 6.42. The van der Waals surface area contributed by atoms with Gasteiger partial charge in [0, 0.05) is 24.9 Å². The molecule has 10 heteroatoms. The summed E-state index contributed by atoms with van der Waals surface area (Å²) in [5.74, 6) is -0.392. The lowest BCUT2D eigenvalue weighted by atomic mass is 9.91. The van der Waals surface area contributed by atoms with Crippen LogP contribution in [0.25, 0.3) is 0 Å². The Morgan fingerprint density at radius 3 is 2.94 bits per heavy atom. The first-order valence-electron chi connectivity index (χ1n) is 11.2. The Morgan fingerprint density at radius 1 is 1.32 bits per heavy atom. The number of alkyl halides is 1. The SMILES string of the molecule is CC1(Cl)C=C(NC(=O)OCc2ccc3c(c2)C(=O)N(C2CCC(=O)NC2=O)C3)C2=C(CCO2)C1. The monoisotopic (exact) mass is 485 g/mol. The zero-order valence-corrected chi connectivity index (χ0v) is 19.4. The summed E-state index contributed by atoms with van der Waals surface area (Å²) in [7, 11) is 0. The minimum absolute atomic E-state index is 0.0387. The van der Waals surface area contributed by atoms with E-state index >= 15 is 0 Å². The van der Waals surface area contributed by atoms with Crippen molar-refractivity contribution in [1.82, 2.24) is 15.5 Å². The second kappa shape index (κ2) is 8.47. The minimum atomic E-state index is -0.670. The van der Waals surface area contributed by atoms with E-state index in [1.807, 2.05) is 6.92 Å². The molecule has 1 aromatic rings. The van der Waals surface area contributed by atoms with Crippen molar-refractivity contribution < 1.29 is 28.7 Å². The number of benzene rings is 1. The number of piperidine rings is 1. The second-order valence-corrected chi connectivity index (χ2v) is 10.0. The number of halogens is 1. The molecule has 1 saturated heterocycles. The van der Waals surface area contributed by atoms with Crippen LogP contribution in [0.15, 0.2) is 41.3 Å². The summed E-state index contributed by atoms with van der Waals surface area (Å²) in [5.41, 5.74) is 3.48.